The van der Waals surface area contributed by atoms with Crippen LogP contribution in [0.15, 0.2) is 29.0 Å². The summed E-state index contributed by atoms with van der Waals surface area (Å²) in [5.41, 5.74) is 2.12. The van der Waals surface area contributed by atoms with Gasteiger partial charge >= 0.3 is 5.97 Å². The molecule has 1 unspecified atom stereocenters. The zero-order chi connectivity index (χ0) is 17.8. The summed E-state index contributed by atoms with van der Waals surface area (Å²) in [6.07, 6.45) is 4.59. The molecule has 2 aromatic rings. The van der Waals surface area contributed by atoms with Crippen LogP contribution in [-0.4, -0.2) is 35.6 Å². The lowest BCUT2D eigenvalue weighted by Gasteiger charge is -2.30. The normalized spacial score (nSPS) is 19.3. The molecule has 0 saturated carbocycles. The molecule has 3 nitrogen and oxygen atoms in total. The summed E-state index contributed by atoms with van der Waals surface area (Å²) in [6.45, 7) is 4.42. The minimum Gasteiger partial charge on any atom is -0.481 e. The number of hydrogen-bond donors (Lipinski definition) is 1. The third-order valence-electron chi connectivity index (χ3n) is 4.62. The number of carboxylic acid groups (broad SMARTS) is 1. The van der Waals surface area contributed by atoms with E-state index in [0.29, 0.717) is 11.4 Å². The molecule has 0 aliphatic carbocycles. The molecule has 0 bridgehead atoms. The largest absolute Gasteiger partial charge is 0.481 e. The van der Waals surface area contributed by atoms with Gasteiger partial charge < -0.3 is 10.0 Å². The second kappa shape index (κ2) is 8.25. The van der Waals surface area contributed by atoms with E-state index in [9.17, 15) is 14.3 Å². The van der Waals surface area contributed by atoms with Crippen LogP contribution >= 0.6 is 22.7 Å². The highest BCUT2D eigenvalue weighted by molar-refractivity contribution is 7.14. The molecule has 1 aliphatic heterocycles. The molecule has 0 amide bonds. The van der Waals surface area contributed by atoms with Gasteiger partial charge in [-0.15, -0.1) is 22.7 Å². The van der Waals surface area contributed by atoms with Gasteiger partial charge in [0.1, 0.15) is 5.82 Å². The van der Waals surface area contributed by atoms with Gasteiger partial charge in [0.15, 0.2) is 0 Å². The average Bonchev–Trinajstić information content (AvgIpc) is 3.21. The summed E-state index contributed by atoms with van der Waals surface area (Å²) < 4.78 is 14.1. The van der Waals surface area contributed by atoms with Gasteiger partial charge in [-0.2, -0.15) is 0 Å². The monoisotopic (exact) mass is 379 g/mol. The lowest BCUT2D eigenvalue weighted by atomic mass is 9.98. The van der Waals surface area contributed by atoms with Crippen molar-refractivity contribution in [1.29, 1.82) is 0 Å². The second-order valence-electron chi connectivity index (χ2n) is 6.41. The first-order valence-electron chi connectivity index (χ1n) is 8.49. The lowest BCUT2D eigenvalue weighted by Crippen LogP contribution is -2.39. The Morgan fingerprint density at radius 2 is 2.12 bits per heavy atom. The van der Waals surface area contributed by atoms with Crippen molar-refractivity contribution in [3.05, 3.63) is 50.1 Å². The molecule has 3 rings (SSSR count). The van der Waals surface area contributed by atoms with Crippen molar-refractivity contribution in [3.63, 3.8) is 0 Å². The van der Waals surface area contributed by atoms with Crippen molar-refractivity contribution in [2.24, 2.45) is 5.92 Å². The number of carbonyl (C=O) groups is 1. The number of thiophene rings is 2. The standard InChI is InChI=1S/C19H22FNO2S2/c1-13-6-10-24-17(13)15(18-16(20)7-11-25-18)5-3-9-21-8-2-4-14(12-21)19(22)23/h5-7,10-11,14H,2-4,8-9,12H2,1H3,(H,22,23). The molecule has 6 heteroatoms. The van der Waals surface area contributed by atoms with E-state index in [2.05, 4.69) is 17.0 Å². The minimum absolute atomic E-state index is 0.173. The van der Waals surface area contributed by atoms with Crippen molar-refractivity contribution < 1.29 is 14.3 Å². The predicted molar refractivity (Wildman–Crippen MR) is 102 cm³/mol. The van der Waals surface area contributed by atoms with Gasteiger partial charge in [-0.3, -0.25) is 4.79 Å². The van der Waals surface area contributed by atoms with Crippen LogP contribution in [0.4, 0.5) is 4.39 Å². The van der Waals surface area contributed by atoms with Crippen LogP contribution in [0.2, 0.25) is 0 Å². The zero-order valence-corrected chi connectivity index (χ0v) is 15.8. The van der Waals surface area contributed by atoms with E-state index in [0.717, 1.165) is 48.4 Å². The van der Waals surface area contributed by atoms with Gasteiger partial charge in [0.2, 0.25) is 0 Å². The smallest absolute Gasteiger partial charge is 0.307 e. The van der Waals surface area contributed by atoms with Gasteiger partial charge in [0, 0.05) is 23.5 Å². The van der Waals surface area contributed by atoms with Gasteiger partial charge in [0.25, 0.3) is 0 Å². The van der Waals surface area contributed by atoms with Crippen LogP contribution in [0.3, 0.4) is 0 Å². The first-order valence-corrected chi connectivity index (χ1v) is 10.3. The first kappa shape index (κ1) is 18.3. The summed E-state index contributed by atoms with van der Waals surface area (Å²) in [5, 5.41) is 13.0. The number of aryl methyl sites for hydroxylation is 1. The Labute approximate surface area is 155 Å². The van der Waals surface area contributed by atoms with Crippen molar-refractivity contribution in [3.8, 4) is 0 Å². The molecule has 0 radical (unpaired) electrons. The molecule has 3 heterocycles. The van der Waals surface area contributed by atoms with Gasteiger partial charge in [-0.05, 0) is 61.2 Å². The third-order valence-corrected chi connectivity index (χ3v) is 6.59. The molecular formula is C19H22FNO2S2. The molecule has 0 aromatic carbocycles. The second-order valence-corrected chi connectivity index (χ2v) is 8.25. The van der Waals surface area contributed by atoms with Gasteiger partial charge in [-0.25, -0.2) is 4.39 Å². The van der Waals surface area contributed by atoms with E-state index < -0.39 is 5.97 Å². The number of rotatable bonds is 6. The van der Waals surface area contributed by atoms with Crippen LogP contribution in [0.1, 0.15) is 34.6 Å². The van der Waals surface area contributed by atoms with Crippen molar-refractivity contribution in [1.82, 2.24) is 4.90 Å². The number of nitrogens with zero attached hydrogens (tertiary/aromatic N) is 1. The molecule has 0 spiro atoms. The number of piperidine rings is 1. The van der Waals surface area contributed by atoms with E-state index in [1.807, 2.05) is 12.3 Å². The van der Waals surface area contributed by atoms with E-state index >= 15 is 0 Å². The molecular weight excluding hydrogens is 357 g/mol. The van der Waals surface area contributed by atoms with Crippen LogP contribution in [0, 0.1) is 18.7 Å². The molecule has 1 N–H and O–H groups in total. The highest BCUT2D eigenvalue weighted by Crippen LogP contribution is 2.35. The Hall–Kier alpha value is -1.50. The van der Waals surface area contributed by atoms with Crippen LogP contribution in [0.25, 0.3) is 5.57 Å². The summed E-state index contributed by atoms with van der Waals surface area (Å²) in [5.74, 6) is -1.13. The summed E-state index contributed by atoms with van der Waals surface area (Å²) in [6, 6.07) is 3.57. The van der Waals surface area contributed by atoms with Crippen LogP contribution in [0.5, 0.6) is 0 Å². The molecule has 1 fully saturated rings. The maximum Gasteiger partial charge on any atom is 0.307 e. The van der Waals surface area contributed by atoms with E-state index in [1.54, 1.807) is 16.7 Å². The van der Waals surface area contributed by atoms with Crippen molar-refractivity contribution >= 4 is 34.2 Å². The molecule has 1 saturated heterocycles. The number of halogens is 1. The fraction of sp³-hybridized carbons (Fsp3) is 0.421. The maximum absolute atomic E-state index is 14.1. The third kappa shape index (κ3) is 4.37. The molecule has 2 aromatic heterocycles. The molecule has 1 aliphatic rings. The Morgan fingerprint density at radius 1 is 1.36 bits per heavy atom. The number of aliphatic carboxylic acids is 1. The Kier molecular flexibility index (Phi) is 6.04. The van der Waals surface area contributed by atoms with Crippen LogP contribution < -0.4 is 0 Å². The Balaban J connectivity index is 1.73. The topological polar surface area (TPSA) is 40.5 Å². The zero-order valence-electron chi connectivity index (χ0n) is 14.2. The van der Waals surface area contributed by atoms with Gasteiger partial charge in [-0.1, -0.05) is 6.08 Å². The van der Waals surface area contributed by atoms with Crippen molar-refractivity contribution in [2.75, 3.05) is 19.6 Å². The highest BCUT2D eigenvalue weighted by Gasteiger charge is 2.24. The number of carboxylic acids is 1. The van der Waals surface area contributed by atoms with E-state index in [4.69, 9.17) is 0 Å². The fourth-order valence-corrected chi connectivity index (χ4v) is 5.13. The van der Waals surface area contributed by atoms with Gasteiger partial charge in [0.05, 0.1) is 10.8 Å². The summed E-state index contributed by atoms with van der Waals surface area (Å²) >= 11 is 3.06. The molecule has 1 atom stereocenters. The maximum atomic E-state index is 14.1. The molecule has 25 heavy (non-hydrogen) atoms. The fourth-order valence-electron chi connectivity index (χ4n) is 3.27. The quantitative estimate of drug-likeness (QED) is 0.778. The Morgan fingerprint density at radius 3 is 2.76 bits per heavy atom. The Bertz CT molecular complexity index is 723. The number of hydrogen-bond acceptors (Lipinski definition) is 4. The lowest BCUT2D eigenvalue weighted by molar-refractivity contribution is -0.143. The van der Waals surface area contributed by atoms with E-state index in [-0.39, 0.29) is 11.7 Å². The first-order chi connectivity index (χ1) is 12.1. The minimum atomic E-state index is -0.698. The summed E-state index contributed by atoms with van der Waals surface area (Å²) in [4.78, 5) is 15.2. The van der Waals surface area contributed by atoms with Crippen LogP contribution in [-0.2, 0) is 4.79 Å². The van der Waals surface area contributed by atoms with Crippen molar-refractivity contribution in [2.45, 2.75) is 26.2 Å². The predicted octanol–water partition coefficient (Wildman–Crippen LogP) is 4.88. The highest BCUT2D eigenvalue weighted by atomic mass is 32.1. The van der Waals surface area contributed by atoms with E-state index in [1.165, 1.54) is 17.4 Å². The average molecular weight is 380 g/mol. The number of likely N-dealkylation sites (tertiary alicyclic amines) is 1. The molecule has 134 valence electrons. The summed E-state index contributed by atoms with van der Waals surface area (Å²) in [7, 11) is 0. The SMILES string of the molecule is Cc1ccsc1C(=CCCN1CCCC(C(=O)O)C1)c1sccc1F.